The van der Waals surface area contributed by atoms with Crippen molar-refractivity contribution in [2.24, 2.45) is 5.73 Å². The van der Waals surface area contributed by atoms with Crippen molar-refractivity contribution in [3.8, 4) is 11.5 Å². The van der Waals surface area contributed by atoms with Crippen LogP contribution in [0.2, 0.25) is 10.0 Å². The van der Waals surface area contributed by atoms with Gasteiger partial charge in [-0.25, -0.2) is 4.39 Å². The zero-order valence-corrected chi connectivity index (χ0v) is 12.4. The molecule has 5 heteroatoms. The number of nitrogens with two attached hydrogens (primary N) is 1. The summed E-state index contributed by atoms with van der Waals surface area (Å²) >= 11 is 12.1. The Bertz CT molecular complexity index is 617. The van der Waals surface area contributed by atoms with E-state index in [-0.39, 0.29) is 11.1 Å². The molecule has 20 heavy (non-hydrogen) atoms. The lowest BCUT2D eigenvalue weighted by Crippen LogP contribution is -2.17. The van der Waals surface area contributed by atoms with Crippen molar-refractivity contribution >= 4 is 23.2 Å². The van der Waals surface area contributed by atoms with Crippen molar-refractivity contribution in [3.05, 3.63) is 57.8 Å². The predicted molar refractivity (Wildman–Crippen MR) is 80.3 cm³/mol. The largest absolute Gasteiger partial charge is 0.454 e. The summed E-state index contributed by atoms with van der Waals surface area (Å²) in [5, 5.41) is 0.657. The van der Waals surface area contributed by atoms with Gasteiger partial charge in [0, 0.05) is 6.04 Å². The van der Waals surface area contributed by atoms with Crippen molar-refractivity contribution in [1.29, 1.82) is 0 Å². The minimum atomic E-state index is -0.416. The quantitative estimate of drug-likeness (QED) is 0.878. The molecule has 0 aliphatic heterocycles. The molecule has 1 unspecified atom stereocenters. The van der Waals surface area contributed by atoms with Crippen molar-refractivity contribution in [2.45, 2.75) is 19.4 Å². The second-order valence-electron chi connectivity index (χ2n) is 4.62. The summed E-state index contributed by atoms with van der Waals surface area (Å²) in [5.74, 6) is 0.407. The number of halogens is 3. The molecule has 2 N–H and O–H groups in total. The average molecular weight is 314 g/mol. The van der Waals surface area contributed by atoms with Gasteiger partial charge in [-0.2, -0.15) is 0 Å². The Hall–Kier alpha value is -1.29. The Morgan fingerprint density at radius 3 is 2.25 bits per heavy atom. The highest BCUT2D eigenvalue weighted by Gasteiger charge is 2.09. The third-order valence-corrected chi connectivity index (χ3v) is 3.26. The summed E-state index contributed by atoms with van der Waals surface area (Å²) < 4.78 is 18.6. The maximum Gasteiger partial charge on any atom is 0.146 e. The predicted octanol–water partition coefficient (Wildman–Crippen LogP) is 4.81. The monoisotopic (exact) mass is 313 g/mol. The van der Waals surface area contributed by atoms with Gasteiger partial charge in [-0.1, -0.05) is 29.3 Å². The Labute approximate surface area is 127 Å². The first-order valence-corrected chi connectivity index (χ1v) is 6.88. The van der Waals surface area contributed by atoms with E-state index < -0.39 is 5.82 Å². The Balaban J connectivity index is 2.21. The van der Waals surface area contributed by atoms with E-state index in [0.717, 1.165) is 12.0 Å². The Morgan fingerprint density at radius 1 is 1.10 bits per heavy atom. The first-order valence-electron chi connectivity index (χ1n) is 6.12. The van der Waals surface area contributed by atoms with Crippen LogP contribution in [0.4, 0.5) is 4.39 Å². The molecular formula is C15H14Cl2FNO. The van der Waals surface area contributed by atoms with Crippen LogP contribution in [-0.4, -0.2) is 6.04 Å². The molecule has 0 radical (unpaired) electrons. The van der Waals surface area contributed by atoms with Crippen molar-refractivity contribution < 1.29 is 9.13 Å². The molecule has 1 atom stereocenters. The molecule has 106 valence electrons. The fraction of sp³-hybridized carbons (Fsp3) is 0.200. The second kappa shape index (κ2) is 6.44. The lowest BCUT2D eigenvalue weighted by Gasteiger charge is -2.11. The molecule has 0 saturated carbocycles. The maximum atomic E-state index is 13.0. The number of hydrogen-bond donors (Lipinski definition) is 1. The molecule has 0 aliphatic rings. The third kappa shape index (κ3) is 3.85. The van der Waals surface area contributed by atoms with Gasteiger partial charge in [-0.15, -0.1) is 0 Å². The van der Waals surface area contributed by atoms with Crippen LogP contribution in [0.1, 0.15) is 12.5 Å². The molecule has 2 aromatic rings. The van der Waals surface area contributed by atoms with E-state index in [1.54, 1.807) is 12.1 Å². The van der Waals surface area contributed by atoms with Crippen molar-refractivity contribution in [2.75, 3.05) is 0 Å². The van der Waals surface area contributed by atoms with E-state index in [2.05, 4.69) is 0 Å². The number of ether oxygens (including phenoxy) is 1. The van der Waals surface area contributed by atoms with Crippen molar-refractivity contribution in [1.82, 2.24) is 0 Å². The summed E-state index contributed by atoms with van der Waals surface area (Å²) in [6.45, 7) is 1.93. The van der Waals surface area contributed by atoms with E-state index in [4.69, 9.17) is 33.7 Å². The zero-order chi connectivity index (χ0) is 14.7. The summed E-state index contributed by atoms with van der Waals surface area (Å²) in [6.07, 6.45) is 0.733. The van der Waals surface area contributed by atoms with Crippen LogP contribution in [-0.2, 0) is 6.42 Å². The molecule has 2 aromatic carbocycles. The van der Waals surface area contributed by atoms with E-state index >= 15 is 0 Å². The van der Waals surface area contributed by atoms with Gasteiger partial charge in [0.2, 0.25) is 0 Å². The summed E-state index contributed by atoms with van der Waals surface area (Å²) in [5.41, 5.74) is 6.77. The molecule has 0 spiro atoms. The van der Waals surface area contributed by atoms with Crippen LogP contribution >= 0.6 is 23.2 Å². The lowest BCUT2D eigenvalue weighted by molar-refractivity contribution is 0.481. The van der Waals surface area contributed by atoms with E-state index in [9.17, 15) is 4.39 Å². The highest BCUT2D eigenvalue weighted by atomic mass is 35.5. The van der Waals surface area contributed by atoms with Gasteiger partial charge in [-0.3, -0.25) is 0 Å². The van der Waals surface area contributed by atoms with Crippen LogP contribution < -0.4 is 10.5 Å². The van der Waals surface area contributed by atoms with Gasteiger partial charge in [0.15, 0.2) is 0 Å². The topological polar surface area (TPSA) is 35.2 Å². The van der Waals surface area contributed by atoms with E-state index in [0.29, 0.717) is 16.5 Å². The molecular weight excluding hydrogens is 300 g/mol. The molecule has 0 aliphatic carbocycles. The van der Waals surface area contributed by atoms with Gasteiger partial charge >= 0.3 is 0 Å². The SMILES string of the molecule is CC(N)Cc1ccc(Oc2ccc(F)cc2Cl)c(Cl)c1. The molecule has 0 fully saturated rings. The minimum Gasteiger partial charge on any atom is -0.454 e. The van der Waals surface area contributed by atoms with Crippen LogP contribution in [0.15, 0.2) is 36.4 Å². The molecule has 0 aromatic heterocycles. The summed E-state index contributed by atoms with van der Waals surface area (Å²) in [7, 11) is 0. The zero-order valence-electron chi connectivity index (χ0n) is 10.9. The lowest BCUT2D eigenvalue weighted by atomic mass is 10.1. The second-order valence-corrected chi connectivity index (χ2v) is 5.44. The van der Waals surface area contributed by atoms with E-state index in [1.165, 1.54) is 18.2 Å². The van der Waals surface area contributed by atoms with Crippen LogP contribution in [0.25, 0.3) is 0 Å². The molecule has 0 heterocycles. The van der Waals surface area contributed by atoms with Crippen LogP contribution in [0, 0.1) is 5.82 Å². The Kier molecular flexibility index (Phi) is 4.86. The smallest absolute Gasteiger partial charge is 0.146 e. The van der Waals surface area contributed by atoms with Crippen LogP contribution in [0.5, 0.6) is 11.5 Å². The normalized spacial score (nSPS) is 12.2. The molecule has 2 rings (SSSR count). The summed E-state index contributed by atoms with van der Waals surface area (Å²) in [6, 6.07) is 9.43. The van der Waals surface area contributed by atoms with Gasteiger partial charge in [0.25, 0.3) is 0 Å². The third-order valence-electron chi connectivity index (χ3n) is 2.67. The van der Waals surface area contributed by atoms with E-state index in [1.807, 2.05) is 13.0 Å². The van der Waals surface area contributed by atoms with Crippen molar-refractivity contribution in [3.63, 3.8) is 0 Å². The summed E-state index contributed by atoms with van der Waals surface area (Å²) in [4.78, 5) is 0. The fourth-order valence-corrected chi connectivity index (χ4v) is 2.25. The molecule has 0 amide bonds. The standard InChI is InChI=1S/C15H14Cl2FNO/c1-9(19)6-10-2-4-14(12(16)7-10)20-15-5-3-11(18)8-13(15)17/h2-5,7-9H,6,19H2,1H3. The highest BCUT2D eigenvalue weighted by Crippen LogP contribution is 2.34. The number of benzene rings is 2. The first-order chi connectivity index (χ1) is 9.45. The fourth-order valence-electron chi connectivity index (χ4n) is 1.80. The van der Waals surface area contributed by atoms with Gasteiger partial charge in [-0.05, 0) is 49.2 Å². The first kappa shape index (κ1) is 15.1. The number of hydrogen-bond acceptors (Lipinski definition) is 2. The highest BCUT2D eigenvalue weighted by molar-refractivity contribution is 6.32. The molecule has 0 saturated heterocycles. The maximum absolute atomic E-state index is 13.0. The number of rotatable bonds is 4. The Morgan fingerprint density at radius 2 is 1.70 bits per heavy atom. The van der Waals surface area contributed by atoms with Gasteiger partial charge in [0.05, 0.1) is 10.0 Å². The minimum absolute atomic E-state index is 0.0596. The average Bonchev–Trinajstić information content (AvgIpc) is 2.34. The van der Waals surface area contributed by atoms with Crippen LogP contribution in [0.3, 0.4) is 0 Å². The van der Waals surface area contributed by atoms with Gasteiger partial charge in [0.1, 0.15) is 17.3 Å². The van der Waals surface area contributed by atoms with Gasteiger partial charge < -0.3 is 10.5 Å². The molecule has 0 bridgehead atoms. The molecule has 2 nitrogen and oxygen atoms in total.